The predicted octanol–water partition coefficient (Wildman–Crippen LogP) is 2.34. The van der Waals surface area contributed by atoms with E-state index in [2.05, 4.69) is 0 Å². The van der Waals surface area contributed by atoms with Gasteiger partial charge in [-0.15, -0.1) is 0 Å². The zero-order valence-corrected chi connectivity index (χ0v) is 12.4. The molecule has 1 aliphatic heterocycles. The monoisotopic (exact) mass is 297 g/mol. The van der Waals surface area contributed by atoms with Gasteiger partial charge in [-0.25, -0.2) is 13.2 Å². The molecule has 0 spiro atoms. The van der Waals surface area contributed by atoms with Crippen molar-refractivity contribution in [3.05, 3.63) is 29.8 Å². The largest absolute Gasteiger partial charge is 0.478 e. The van der Waals surface area contributed by atoms with Crippen LogP contribution in [0.5, 0.6) is 0 Å². The van der Waals surface area contributed by atoms with Crippen LogP contribution in [-0.4, -0.2) is 35.9 Å². The Balaban J connectivity index is 2.53. The predicted molar refractivity (Wildman–Crippen MR) is 75.2 cm³/mol. The Morgan fingerprint density at radius 1 is 1.35 bits per heavy atom. The molecule has 110 valence electrons. The molecule has 0 amide bonds. The van der Waals surface area contributed by atoms with Crippen molar-refractivity contribution in [1.82, 2.24) is 4.31 Å². The maximum Gasteiger partial charge on any atom is 0.337 e. The summed E-state index contributed by atoms with van der Waals surface area (Å²) in [5.74, 6) is -1.22. The molecule has 0 bridgehead atoms. The topological polar surface area (TPSA) is 74.7 Å². The second kappa shape index (κ2) is 5.54. The number of hydrogen-bond donors (Lipinski definition) is 1. The highest BCUT2D eigenvalue weighted by atomic mass is 32.2. The van der Waals surface area contributed by atoms with E-state index < -0.39 is 16.0 Å². The molecule has 6 heteroatoms. The van der Waals surface area contributed by atoms with Crippen LogP contribution in [0.4, 0.5) is 0 Å². The van der Waals surface area contributed by atoms with Crippen molar-refractivity contribution in [2.75, 3.05) is 0 Å². The van der Waals surface area contributed by atoms with E-state index >= 15 is 0 Å². The number of sulfonamides is 1. The quantitative estimate of drug-likeness (QED) is 0.925. The summed E-state index contributed by atoms with van der Waals surface area (Å²) in [5, 5.41) is 9.18. The number of hydrogen-bond acceptors (Lipinski definition) is 3. The van der Waals surface area contributed by atoms with Gasteiger partial charge in [0.05, 0.1) is 10.5 Å². The number of carbonyl (C=O) groups is 1. The lowest BCUT2D eigenvalue weighted by atomic mass is 10.2. The van der Waals surface area contributed by atoms with Crippen molar-refractivity contribution in [2.24, 2.45) is 0 Å². The summed E-state index contributed by atoms with van der Waals surface area (Å²) in [4.78, 5) is 11.1. The molecule has 0 radical (unpaired) electrons. The fourth-order valence-corrected chi connectivity index (χ4v) is 4.98. The molecule has 5 nitrogen and oxygen atoms in total. The molecule has 0 aliphatic carbocycles. The van der Waals surface area contributed by atoms with Crippen LogP contribution in [0.1, 0.15) is 43.5 Å². The highest BCUT2D eigenvalue weighted by Crippen LogP contribution is 2.33. The molecule has 2 rings (SSSR count). The molecule has 1 N–H and O–H groups in total. The summed E-state index contributed by atoms with van der Waals surface area (Å²) in [6.07, 6.45) is 2.37. The highest BCUT2D eigenvalue weighted by molar-refractivity contribution is 7.89. The molecule has 0 saturated carbocycles. The third-order valence-corrected chi connectivity index (χ3v) is 5.98. The Kier molecular flexibility index (Phi) is 4.15. The van der Waals surface area contributed by atoms with Crippen molar-refractivity contribution in [3.8, 4) is 0 Å². The van der Waals surface area contributed by atoms with Crippen LogP contribution in [0, 0.1) is 0 Å². The molecule has 2 atom stereocenters. The second-order valence-electron chi connectivity index (χ2n) is 5.12. The third-order valence-electron chi connectivity index (χ3n) is 3.86. The maximum absolute atomic E-state index is 12.8. The first-order valence-corrected chi connectivity index (χ1v) is 8.19. The minimum atomic E-state index is -3.77. The van der Waals surface area contributed by atoms with E-state index in [1.807, 2.05) is 13.8 Å². The van der Waals surface area contributed by atoms with Crippen LogP contribution in [0.3, 0.4) is 0 Å². The van der Waals surface area contributed by atoms with Crippen LogP contribution >= 0.6 is 0 Å². The highest BCUT2D eigenvalue weighted by Gasteiger charge is 2.40. The molecule has 0 aromatic heterocycles. The standard InChI is InChI=1S/C14H19NO4S/c1-3-11-9-8-10(2)15(11)20(18,19)13-7-5-4-6-12(13)14(16)17/h4-7,10-11H,3,8-9H2,1-2H3,(H,16,17). The first kappa shape index (κ1) is 15.0. The minimum Gasteiger partial charge on any atom is -0.478 e. The van der Waals surface area contributed by atoms with Crippen molar-refractivity contribution < 1.29 is 18.3 Å². The maximum atomic E-state index is 12.8. The number of carboxylic acid groups (broad SMARTS) is 1. The Hall–Kier alpha value is -1.40. The van der Waals surface area contributed by atoms with Crippen LogP contribution in [0.2, 0.25) is 0 Å². The van der Waals surface area contributed by atoms with Gasteiger partial charge in [0.25, 0.3) is 0 Å². The second-order valence-corrected chi connectivity index (χ2v) is 6.94. The third kappa shape index (κ3) is 2.45. The van der Waals surface area contributed by atoms with Gasteiger partial charge < -0.3 is 5.11 Å². The van der Waals surface area contributed by atoms with E-state index in [-0.39, 0.29) is 22.5 Å². The van der Waals surface area contributed by atoms with E-state index in [0.29, 0.717) is 0 Å². The summed E-state index contributed by atoms with van der Waals surface area (Å²) < 4.78 is 27.1. The number of nitrogens with zero attached hydrogens (tertiary/aromatic N) is 1. The van der Waals surface area contributed by atoms with E-state index in [4.69, 9.17) is 0 Å². The summed E-state index contributed by atoms with van der Waals surface area (Å²) in [6.45, 7) is 3.82. The van der Waals surface area contributed by atoms with Gasteiger partial charge in [0.15, 0.2) is 0 Å². The van der Waals surface area contributed by atoms with Crippen LogP contribution in [0.15, 0.2) is 29.2 Å². The smallest absolute Gasteiger partial charge is 0.337 e. The Labute approximate surface area is 119 Å². The molecule has 1 heterocycles. The molecular formula is C14H19NO4S. The van der Waals surface area contributed by atoms with E-state index in [0.717, 1.165) is 19.3 Å². The molecule has 1 aromatic carbocycles. The van der Waals surface area contributed by atoms with Gasteiger partial charge in [0.2, 0.25) is 10.0 Å². The first-order chi connectivity index (χ1) is 9.39. The molecular weight excluding hydrogens is 278 g/mol. The lowest BCUT2D eigenvalue weighted by molar-refractivity contribution is 0.0692. The fourth-order valence-electron chi connectivity index (χ4n) is 2.85. The fraction of sp³-hybridized carbons (Fsp3) is 0.500. The Bertz CT molecular complexity index is 611. The molecule has 1 aromatic rings. The average Bonchev–Trinajstić information content (AvgIpc) is 2.80. The normalized spacial score (nSPS) is 23.9. The summed E-state index contributed by atoms with van der Waals surface area (Å²) in [7, 11) is -3.77. The average molecular weight is 297 g/mol. The van der Waals surface area contributed by atoms with Crippen molar-refractivity contribution >= 4 is 16.0 Å². The van der Waals surface area contributed by atoms with Gasteiger partial charge in [-0.05, 0) is 38.3 Å². The molecule has 1 saturated heterocycles. The summed E-state index contributed by atoms with van der Waals surface area (Å²) >= 11 is 0. The lowest BCUT2D eigenvalue weighted by Crippen LogP contribution is -2.40. The van der Waals surface area contributed by atoms with Crippen LogP contribution < -0.4 is 0 Å². The van der Waals surface area contributed by atoms with Gasteiger partial charge in [0, 0.05) is 12.1 Å². The number of rotatable bonds is 4. The molecule has 1 fully saturated rings. The van der Waals surface area contributed by atoms with Gasteiger partial charge in [0.1, 0.15) is 0 Å². The number of aromatic carboxylic acids is 1. The zero-order valence-electron chi connectivity index (χ0n) is 11.6. The number of carboxylic acids is 1. The van der Waals surface area contributed by atoms with Crippen LogP contribution in [-0.2, 0) is 10.0 Å². The molecule has 2 unspecified atom stereocenters. The molecule has 1 aliphatic rings. The van der Waals surface area contributed by atoms with Gasteiger partial charge in [-0.3, -0.25) is 0 Å². The van der Waals surface area contributed by atoms with E-state index in [1.54, 1.807) is 6.07 Å². The zero-order chi connectivity index (χ0) is 14.9. The van der Waals surface area contributed by atoms with Crippen molar-refractivity contribution in [2.45, 2.75) is 50.1 Å². The summed E-state index contributed by atoms with van der Waals surface area (Å²) in [5.41, 5.74) is -0.165. The first-order valence-electron chi connectivity index (χ1n) is 6.75. The van der Waals surface area contributed by atoms with E-state index in [9.17, 15) is 18.3 Å². The SMILES string of the molecule is CCC1CCC(C)N1S(=O)(=O)c1ccccc1C(=O)O. The van der Waals surface area contributed by atoms with Crippen molar-refractivity contribution in [1.29, 1.82) is 0 Å². The van der Waals surface area contributed by atoms with Gasteiger partial charge >= 0.3 is 5.97 Å². The van der Waals surface area contributed by atoms with E-state index in [1.165, 1.54) is 22.5 Å². The van der Waals surface area contributed by atoms with Crippen LogP contribution in [0.25, 0.3) is 0 Å². The summed E-state index contributed by atoms with van der Waals surface area (Å²) in [6, 6.07) is 5.66. The van der Waals surface area contributed by atoms with Gasteiger partial charge in [-0.1, -0.05) is 19.1 Å². The molecule has 20 heavy (non-hydrogen) atoms. The number of benzene rings is 1. The Morgan fingerprint density at radius 3 is 2.60 bits per heavy atom. The van der Waals surface area contributed by atoms with Crippen molar-refractivity contribution in [3.63, 3.8) is 0 Å². The van der Waals surface area contributed by atoms with Gasteiger partial charge in [-0.2, -0.15) is 4.31 Å². The minimum absolute atomic E-state index is 0.0446. The lowest BCUT2D eigenvalue weighted by Gasteiger charge is -2.27. The Morgan fingerprint density at radius 2 is 2.00 bits per heavy atom.